The number of nitrogens with zero attached hydrogens (tertiary/aromatic N) is 4. The lowest BCUT2D eigenvalue weighted by atomic mass is 9.95. The third-order valence-electron chi connectivity index (χ3n) is 15.4. The van der Waals surface area contributed by atoms with Gasteiger partial charge in [0.15, 0.2) is 12.0 Å². The molecule has 0 spiro atoms. The van der Waals surface area contributed by atoms with E-state index in [1.165, 1.54) is 38.1 Å². The topological polar surface area (TPSA) is 452 Å². The number of ether oxygens (including phenoxy) is 1. The van der Waals surface area contributed by atoms with Crippen molar-refractivity contribution in [3.8, 4) is 34.1 Å². The molecule has 8 amide bonds. The number of primary amides is 2. The van der Waals surface area contributed by atoms with Crippen LogP contribution in [0.4, 0.5) is 0 Å². The molecule has 85 heavy (non-hydrogen) atoms. The van der Waals surface area contributed by atoms with Gasteiger partial charge in [-0.2, -0.15) is 0 Å². The second-order valence-corrected chi connectivity index (χ2v) is 21.8. The van der Waals surface area contributed by atoms with Crippen LogP contribution in [0.2, 0.25) is 0 Å². The smallest absolute Gasteiger partial charge is 0.256 e. The summed E-state index contributed by atoms with van der Waals surface area (Å²) in [6, 6.07) is 6.69. The molecular weight excluding hydrogens is 1110 g/mol. The van der Waals surface area contributed by atoms with Gasteiger partial charge in [-0.15, -0.1) is 0 Å². The zero-order chi connectivity index (χ0) is 62.3. The van der Waals surface area contributed by atoms with Crippen molar-refractivity contribution < 1.29 is 93.6 Å². The molecule has 3 aliphatic heterocycles. The molecule has 28 nitrogen and oxygen atoms in total. The molecule has 460 valence electrons. The van der Waals surface area contributed by atoms with Crippen molar-refractivity contribution in [1.82, 2.24) is 35.8 Å². The molecule has 2 unspecified atom stereocenters. The summed E-state index contributed by atoms with van der Waals surface area (Å²) < 4.78 is 11.4. The highest BCUT2D eigenvalue weighted by atomic mass is 16.5. The molecule has 3 fully saturated rings. The minimum atomic E-state index is -2.40. The van der Waals surface area contributed by atoms with E-state index >= 15 is 0 Å². The number of phenolic OH excluding ortho intramolecular Hbond substituents is 1. The number of unbranched alkanes of at least 4 members (excludes halogenated alkanes) is 2. The van der Waals surface area contributed by atoms with Crippen molar-refractivity contribution in [1.29, 1.82) is 0 Å². The summed E-state index contributed by atoms with van der Waals surface area (Å²) in [7, 11) is 0. The third kappa shape index (κ3) is 14.7. The van der Waals surface area contributed by atoms with Gasteiger partial charge >= 0.3 is 0 Å². The fourth-order valence-corrected chi connectivity index (χ4v) is 10.6. The number of aromatic hydroxyl groups is 1. The zero-order valence-corrected chi connectivity index (χ0v) is 47.0. The number of phenols is 1. The summed E-state index contributed by atoms with van der Waals surface area (Å²) in [5, 5.41) is 110. The molecule has 4 heterocycles. The summed E-state index contributed by atoms with van der Waals surface area (Å²) >= 11 is 0. The number of hydrogen-bond acceptors (Lipinski definition) is 20. The van der Waals surface area contributed by atoms with E-state index in [1.54, 1.807) is 18.2 Å². The number of carbonyl (C=O) groups excluding carboxylic acids is 8. The first-order valence-electron chi connectivity index (χ1n) is 27.7. The molecule has 1 aromatic heterocycles. The van der Waals surface area contributed by atoms with Gasteiger partial charge in [0.25, 0.3) is 5.91 Å². The van der Waals surface area contributed by atoms with E-state index in [-0.39, 0.29) is 29.0 Å². The number of aryl methyl sites for hydroxylation is 1. The Bertz CT molecular complexity index is 3070. The van der Waals surface area contributed by atoms with Crippen molar-refractivity contribution in [2.75, 3.05) is 19.7 Å². The zero-order valence-electron chi connectivity index (χ0n) is 47.0. The van der Waals surface area contributed by atoms with Crippen LogP contribution in [0.3, 0.4) is 0 Å². The number of hydrogen-bond donors (Lipinski definition) is 14. The van der Waals surface area contributed by atoms with Gasteiger partial charge in [-0.05, 0) is 79.9 Å². The number of amides is 8. The molecular formula is C57H73N9O19. The lowest BCUT2D eigenvalue weighted by molar-refractivity contribution is -0.148. The maximum absolute atomic E-state index is 14.5. The summed E-state index contributed by atoms with van der Waals surface area (Å²) in [5.41, 5.74) is 12.5. The Morgan fingerprint density at radius 3 is 2.02 bits per heavy atom. The van der Waals surface area contributed by atoms with Crippen LogP contribution in [-0.4, -0.2) is 212 Å². The summed E-state index contributed by atoms with van der Waals surface area (Å²) in [6.07, 6.45) is -14.1. The standard InChI is InChI=1S/C57H73N9O19/c1-5-6-7-18-84-34-15-12-30(13-16-34)41-21-35(63-85-41)29-8-10-31(11-9-29)54(80)66-37(22-40(71)55(66)81)52(78)60-43(28(4)67)56(82)64-25-33(68)20-36(64)51(77)62-45(49(75)48(74)32-14-17-38(69)26(2)19-32)53(79)61-44(39(70)23-42(58)72)57(83)65-24-27(3)47(73)46(65)50(59)76/h8-17,19,21,27-28,33,36-37,39-40,43-49,55,67-71,73-75,81H,5-7,18,20,22-25H2,1-4H3,(H2,58,72)(H2,59,76)(H,60,78)(H,61,79)(H,62,77)/t27-,28+,33+,36-,37?,39+,40-,43-,44-,45-,46-,47-,48-,49-,55?/m0/s1. The number of aliphatic hydroxyl groups excluding tert-OH is 8. The van der Waals surface area contributed by atoms with E-state index in [4.69, 9.17) is 20.7 Å². The first-order valence-corrected chi connectivity index (χ1v) is 27.7. The molecule has 16 N–H and O–H groups in total. The molecule has 0 aliphatic carbocycles. The molecule has 4 aromatic rings. The van der Waals surface area contributed by atoms with Gasteiger partial charge in [0.2, 0.25) is 41.4 Å². The van der Waals surface area contributed by atoms with Crippen LogP contribution >= 0.6 is 0 Å². The van der Waals surface area contributed by atoms with E-state index in [2.05, 4.69) is 28.0 Å². The Kier molecular flexibility index (Phi) is 21.0. The molecule has 7 rings (SSSR count). The molecule has 3 saturated heterocycles. The number of nitrogens with one attached hydrogen (secondary N) is 3. The Morgan fingerprint density at radius 1 is 0.765 bits per heavy atom. The van der Waals surface area contributed by atoms with E-state index in [0.29, 0.717) is 34.3 Å². The number of β-amino-alcohol motifs (C(OH)–C–C–N with tert-alkyl or cyclic N) is 1. The SMILES string of the molecule is CCCCCOc1ccc(-c2cc(-c3ccc(C(=O)N4C(C(=O)N[C@H](C(=O)N5C[C@H](O)C[C@H]5C(=O)N[C@H](C(=O)N[C@H](C(=O)N5C[C@H](C)[C@H](O)[C@H]5C(N)=O)[C@H](O)CC(N)=O)[C@H](O)[C@@H](O)c5ccc(O)c(C)c5)[C@@H](C)O)C[C@H](O)C4O)cc3)no2)cc1. The van der Waals surface area contributed by atoms with Crippen LogP contribution in [0.1, 0.15) is 86.9 Å². The second-order valence-electron chi connectivity index (χ2n) is 21.8. The van der Waals surface area contributed by atoms with Gasteiger partial charge in [0, 0.05) is 54.6 Å². The maximum atomic E-state index is 14.5. The molecule has 28 heteroatoms. The van der Waals surface area contributed by atoms with Gasteiger partial charge in [0.05, 0.1) is 37.4 Å². The van der Waals surface area contributed by atoms with Crippen LogP contribution in [0.25, 0.3) is 22.6 Å². The lowest BCUT2D eigenvalue weighted by Gasteiger charge is -2.34. The number of aromatic nitrogens is 1. The van der Waals surface area contributed by atoms with Crippen molar-refractivity contribution in [2.24, 2.45) is 17.4 Å². The van der Waals surface area contributed by atoms with Crippen molar-refractivity contribution in [3.63, 3.8) is 0 Å². The van der Waals surface area contributed by atoms with E-state index in [0.717, 1.165) is 47.6 Å². The highest BCUT2D eigenvalue weighted by molar-refractivity contribution is 6.01. The highest BCUT2D eigenvalue weighted by Crippen LogP contribution is 2.32. The quantitative estimate of drug-likeness (QED) is 0.0318. The number of nitrogens with two attached hydrogens (primary N) is 2. The fourth-order valence-electron chi connectivity index (χ4n) is 10.6. The largest absolute Gasteiger partial charge is 0.508 e. The number of benzene rings is 3. The minimum absolute atomic E-state index is 0.0412. The van der Waals surface area contributed by atoms with Crippen molar-refractivity contribution in [2.45, 2.75) is 151 Å². The van der Waals surface area contributed by atoms with E-state index < -0.39 is 164 Å². The number of rotatable bonds is 24. The van der Waals surface area contributed by atoms with Crippen LogP contribution in [0.5, 0.6) is 11.5 Å². The van der Waals surface area contributed by atoms with Gasteiger partial charge in [0.1, 0.15) is 71.8 Å². The van der Waals surface area contributed by atoms with Crippen LogP contribution in [0.15, 0.2) is 77.3 Å². The lowest BCUT2D eigenvalue weighted by Crippen LogP contribution is -2.64. The molecule has 3 aromatic carbocycles. The van der Waals surface area contributed by atoms with Crippen LogP contribution in [0, 0.1) is 12.8 Å². The normalized spacial score (nSPS) is 23.7. The predicted octanol–water partition coefficient (Wildman–Crippen LogP) is -2.69. The second kappa shape index (κ2) is 27.7. The Labute approximate surface area is 487 Å². The van der Waals surface area contributed by atoms with Gasteiger partial charge in [-0.1, -0.05) is 50.0 Å². The molecule has 0 radical (unpaired) electrons. The number of aliphatic hydroxyl groups is 8. The van der Waals surface area contributed by atoms with Gasteiger partial charge < -0.3 is 92.4 Å². The fraction of sp³-hybridized carbons (Fsp3) is 0.491. The van der Waals surface area contributed by atoms with Crippen LogP contribution < -0.4 is 32.2 Å². The monoisotopic (exact) mass is 1190 g/mol. The summed E-state index contributed by atoms with van der Waals surface area (Å²) in [6.45, 7) is 5.72. The Balaban J connectivity index is 1.08. The summed E-state index contributed by atoms with van der Waals surface area (Å²) in [4.78, 5) is 113. The molecule has 3 aliphatic rings. The van der Waals surface area contributed by atoms with Gasteiger partial charge in [-0.3, -0.25) is 43.3 Å². The highest BCUT2D eigenvalue weighted by Gasteiger charge is 2.51. The number of likely N-dealkylation sites (tertiary alicyclic amines) is 3. The summed E-state index contributed by atoms with van der Waals surface area (Å²) in [5.74, 6) is -9.58. The Hall–Kier alpha value is -8.09. The Morgan fingerprint density at radius 2 is 1.40 bits per heavy atom. The molecule has 15 atom stereocenters. The maximum Gasteiger partial charge on any atom is 0.256 e. The molecule has 0 saturated carbocycles. The molecule has 0 bridgehead atoms. The van der Waals surface area contributed by atoms with E-state index in [9.17, 15) is 84.3 Å². The number of carbonyl (C=O) groups is 8. The van der Waals surface area contributed by atoms with Gasteiger partial charge in [-0.25, -0.2) is 0 Å². The minimum Gasteiger partial charge on any atom is -0.508 e. The third-order valence-corrected chi connectivity index (χ3v) is 15.4. The first-order chi connectivity index (χ1) is 40.2. The average molecular weight is 1190 g/mol. The van der Waals surface area contributed by atoms with Crippen molar-refractivity contribution >= 4 is 47.3 Å². The predicted molar refractivity (Wildman–Crippen MR) is 296 cm³/mol. The van der Waals surface area contributed by atoms with Crippen LogP contribution in [-0.2, 0) is 33.6 Å². The first kappa shape index (κ1) is 64.5. The average Bonchev–Trinajstić information content (AvgIpc) is 3.41. The van der Waals surface area contributed by atoms with Crippen molar-refractivity contribution in [3.05, 3.63) is 89.5 Å². The van der Waals surface area contributed by atoms with E-state index in [1.807, 2.05) is 24.3 Å².